The molecule has 0 aliphatic carbocycles. The average Bonchev–Trinajstić information content (AvgIpc) is 3.01. The first kappa shape index (κ1) is 16.1. The topological polar surface area (TPSA) is 79.5 Å². The lowest BCUT2D eigenvalue weighted by Gasteiger charge is -2.38. The highest BCUT2D eigenvalue weighted by atomic mass is 35.5. The highest BCUT2D eigenvalue weighted by Gasteiger charge is 2.36. The van der Waals surface area contributed by atoms with Gasteiger partial charge in [0, 0.05) is 36.7 Å². The lowest BCUT2D eigenvalue weighted by molar-refractivity contribution is -0.122. The van der Waals surface area contributed by atoms with Gasteiger partial charge in [-0.3, -0.25) is 4.79 Å². The largest absolute Gasteiger partial charge is 0.381 e. The van der Waals surface area contributed by atoms with E-state index in [-0.39, 0.29) is 17.4 Å². The molecule has 3 amide bonds. The van der Waals surface area contributed by atoms with Crippen molar-refractivity contribution in [2.45, 2.75) is 24.3 Å². The van der Waals surface area contributed by atoms with Gasteiger partial charge in [-0.15, -0.1) is 0 Å². The number of rotatable bonds is 4. The second-order valence-electron chi connectivity index (χ2n) is 6.02. The Morgan fingerprint density at radius 2 is 2.00 bits per heavy atom. The first-order valence-corrected chi connectivity index (χ1v) is 8.13. The number of halogens is 1. The molecule has 0 bridgehead atoms. The van der Waals surface area contributed by atoms with E-state index in [2.05, 4.69) is 16.0 Å². The smallest absolute Gasteiger partial charge is 0.315 e. The molecule has 3 N–H and O–H groups in total. The maximum atomic E-state index is 12.2. The van der Waals surface area contributed by atoms with Crippen LogP contribution in [0.5, 0.6) is 0 Å². The van der Waals surface area contributed by atoms with Crippen LogP contribution in [0, 0.1) is 0 Å². The molecular weight excluding hydrogens is 318 g/mol. The van der Waals surface area contributed by atoms with E-state index in [0.29, 0.717) is 31.3 Å². The summed E-state index contributed by atoms with van der Waals surface area (Å²) < 4.78 is 5.48. The van der Waals surface area contributed by atoms with E-state index in [4.69, 9.17) is 16.3 Å². The van der Waals surface area contributed by atoms with Crippen LogP contribution in [0.25, 0.3) is 0 Å². The van der Waals surface area contributed by atoms with E-state index in [9.17, 15) is 9.59 Å². The first-order chi connectivity index (χ1) is 11.1. The molecule has 23 heavy (non-hydrogen) atoms. The van der Waals surface area contributed by atoms with Crippen LogP contribution in [-0.4, -0.2) is 44.3 Å². The molecule has 0 unspecified atom stereocenters. The van der Waals surface area contributed by atoms with E-state index in [1.165, 1.54) is 0 Å². The fourth-order valence-corrected chi connectivity index (χ4v) is 3.25. The summed E-state index contributed by atoms with van der Waals surface area (Å²) in [5.74, 6) is -0.164. The number of ether oxygens (including phenoxy) is 1. The van der Waals surface area contributed by atoms with Crippen molar-refractivity contribution in [2.75, 3.05) is 26.3 Å². The summed E-state index contributed by atoms with van der Waals surface area (Å²) in [5, 5.41) is 8.87. The van der Waals surface area contributed by atoms with Crippen molar-refractivity contribution >= 4 is 23.5 Å². The Morgan fingerprint density at radius 3 is 2.61 bits per heavy atom. The standard InChI is InChI=1S/C16H20ClN3O3/c17-12-3-1-11(2-4-12)16(5-7-23-8-6-16)10-19-14(21)13-9-18-15(22)20-13/h1-4,13H,5-10H2,(H,19,21)(H2,18,20,22)/t13-/m1/s1. The van der Waals surface area contributed by atoms with Gasteiger partial charge < -0.3 is 20.7 Å². The van der Waals surface area contributed by atoms with Gasteiger partial charge in [-0.2, -0.15) is 0 Å². The van der Waals surface area contributed by atoms with Crippen LogP contribution in [0.4, 0.5) is 4.79 Å². The lowest BCUT2D eigenvalue weighted by Crippen LogP contribution is -2.49. The number of amides is 3. The van der Waals surface area contributed by atoms with Crippen LogP contribution in [0.15, 0.2) is 24.3 Å². The number of carbonyl (C=O) groups excluding carboxylic acids is 2. The van der Waals surface area contributed by atoms with Crippen LogP contribution < -0.4 is 16.0 Å². The highest BCUT2D eigenvalue weighted by molar-refractivity contribution is 6.30. The summed E-state index contributed by atoms with van der Waals surface area (Å²) >= 11 is 5.98. The van der Waals surface area contributed by atoms with Crippen molar-refractivity contribution in [2.24, 2.45) is 0 Å². The molecule has 2 saturated heterocycles. The molecule has 2 heterocycles. The maximum absolute atomic E-state index is 12.2. The molecule has 0 aromatic heterocycles. The minimum atomic E-state index is -0.510. The van der Waals surface area contributed by atoms with Crippen molar-refractivity contribution in [3.05, 3.63) is 34.9 Å². The summed E-state index contributed by atoms with van der Waals surface area (Å²) in [7, 11) is 0. The predicted octanol–water partition coefficient (Wildman–Crippen LogP) is 1.19. The van der Waals surface area contributed by atoms with E-state index in [1.54, 1.807) is 0 Å². The predicted molar refractivity (Wildman–Crippen MR) is 86.5 cm³/mol. The van der Waals surface area contributed by atoms with Gasteiger partial charge in [0.05, 0.1) is 0 Å². The molecule has 0 spiro atoms. The highest BCUT2D eigenvalue weighted by Crippen LogP contribution is 2.34. The van der Waals surface area contributed by atoms with E-state index in [0.717, 1.165) is 18.4 Å². The zero-order valence-electron chi connectivity index (χ0n) is 12.7. The molecule has 1 aromatic carbocycles. The Kier molecular flexibility index (Phi) is 4.73. The number of hydrogen-bond donors (Lipinski definition) is 3. The second kappa shape index (κ2) is 6.76. The Labute approximate surface area is 139 Å². The molecule has 3 rings (SSSR count). The minimum absolute atomic E-state index is 0.158. The monoisotopic (exact) mass is 337 g/mol. The second-order valence-corrected chi connectivity index (χ2v) is 6.46. The molecule has 0 radical (unpaired) electrons. The first-order valence-electron chi connectivity index (χ1n) is 7.75. The van der Waals surface area contributed by atoms with Crippen LogP contribution in [0.3, 0.4) is 0 Å². The number of benzene rings is 1. The number of nitrogens with one attached hydrogen (secondary N) is 3. The summed E-state index contributed by atoms with van der Waals surface area (Å²) in [6, 6.07) is 6.96. The van der Waals surface area contributed by atoms with E-state index < -0.39 is 6.04 Å². The molecule has 2 aliphatic rings. The molecular formula is C16H20ClN3O3. The van der Waals surface area contributed by atoms with E-state index >= 15 is 0 Å². The van der Waals surface area contributed by atoms with Gasteiger partial charge in [-0.25, -0.2) is 4.79 Å². The lowest BCUT2D eigenvalue weighted by atomic mass is 9.74. The zero-order chi connectivity index (χ0) is 16.3. The molecule has 1 atom stereocenters. The van der Waals surface area contributed by atoms with Gasteiger partial charge in [-0.1, -0.05) is 23.7 Å². The number of carbonyl (C=O) groups is 2. The third kappa shape index (κ3) is 3.59. The van der Waals surface area contributed by atoms with Gasteiger partial charge in [0.2, 0.25) is 5.91 Å². The van der Waals surface area contributed by atoms with Crippen LogP contribution >= 0.6 is 11.6 Å². The Bertz CT molecular complexity index is 585. The van der Waals surface area contributed by atoms with Crippen molar-refractivity contribution in [3.63, 3.8) is 0 Å². The number of hydrogen-bond acceptors (Lipinski definition) is 3. The quantitative estimate of drug-likeness (QED) is 0.772. The van der Waals surface area contributed by atoms with Crippen LogP contribution in [0.1, 0.15) is 18.4 Å². The summed E-state index contributed by atoms with van der Waals surface area (Å²) in [6.45, 7) is 2.17. The van der Waals surface area contributed by atoms with E-state index in [1.807, 2.05) is 24.3 Å². The van der Waals surface area contributed by atoms with Crippen molar-refractivity contribution in [3.8, 4) is 0 Å². The third-order valence-electron chi connectivity index (χ3n) is 4.60. The van der Waals surface area contributed by atoms with Gasteiger partial charge in [-0.05, 0) is 30.5 Å². The summed E-state index contributed by atoms with van der Waals surface area (Å²) in [5.41, 5.74) is 0.994. The fraction of sp³-hybridized carbons (Fsp3) is 0.500. The maximum Gasteiger partial charge on any atom is 0.315 e. The molecule has 1 aromatic rings. The molecule has 124 valence electrons. The molecule has 7 heteroatoms. The fourth-order valence-electron chi connectivity index (χ4n) is 3.13. The molecule has 6 nitrogen and oxygen atoms in total. The SMILES string of the molecule is O=C1NC[C@H](C(=O)NCC2(c3ccc(Cl)cc3)CCOCC2)N1. The Balaban J connectivity index is 1.70. The molecule has 0 saturated carbocycles. The molecule has 2 aliphatic heterocycles. The van der Waals surface area contributed by atoms with Crippen LogP contribution in [-0.2, 0) is 14.9 Å². The van der Waals surface area contributed by atoms with Gasteiger partial charge in [0.15, 0.2) is 0 Å². The van der Waals surface area contributed by atoms with Gasteiger partial charge in [0.1, 0.15) is 6.04 Å². The number of urea groups is 1. The van der Waals surface area contributed by atoms with Gasteiger partial charge >= 0.3 is 6.03 Å². The van der Waals surface area contributed by atoms with Gasteiger partial charge in [0.25, 0.3) is 0 Å². The average molecular weight is 338 g/mol. The molecule has 2 fully saturated rings. The summed E-state index contributed by atoms with van der Waals surface area (Å²) in [4.78, 5) is 23.4. The Morgan fingerprint density at radius 1 is 1.30 bits per heavy atom. The van der Waals surface area contributed by atoms with Crippen LogP contribution in [0.2, 0.25) is 5.02 Å². The zero-order valence-corrected chi connectivity index (χ0v) is 13.5. The third-order valence-corrected chi connectivity index (χ3v) is 4.85. The van der Waals surface area contributed by atoms with Crippen molar-refractivity contribution in [1.82, 2.24) is 16.0 Å². The van der Waals surface area contributed by atoms with Crippen molar-refractivity contribution < 1.29 is 14.3 Å². The van der Waals surface area contributed by atoms with Crippen molar-refractivity contribution in [1.29, 1.82) is 0 Å². The summed E-state index contributed by atoms with van der Waals surface area (Å²) in [6.07, 6.45) is 1.67. The Hall–Kier alpha value is -1.79. The normalized spacial score (nSPS) is 23.0. The minimum Gasteiger partial charge on any atom is -0.381 e.